The van der Waals surface area contributed by atoms with Crippen molar-refractivity contribution in [1.82, 2.24) is 0 Å². The molecule has 0 aromatic heterocycles. The summed E-state index contributed by atoms with van der Waals surface area (Å²) in [7, 11) is 0. The van der Waals surface area contributed by atoms with Crippen molar-refractivity contribution in [3.05, 3.63) is 24.1 Å². The summed E-state index contributed by atoms with van der Waals surface area (Å²) >= 11 is 0. The largest absolute Gasteiger partial charge is 0.369 e. The van der Waals surface area contributed by atoms with Crippen molar-refractivity contribution in [2.45, 2.75) is 6.42 Å². The second kappa shape index (κ2) is 2.89. The minimum Gasteiger partial charge on any atom is -0.369 e. The van der Waals surface area contributed by atoms with E-state index in [4.69, 9.17) is 5.73 Å². The molecule has 0 aromatic carbocycles. The molecule has 3 nitrogen and oxygen atoms in total. The standard InChI is InChI=1S/C8H7FNO2/c9-6-1-3-8(5-11,4-2-6)7(10)12/h1-3H,4H2,(H2,10,12). The molecule has 0 saturated heterocycles. The van der Waals surface area contributed by atoms with Gasteiger partial charge in [0.05, 0.1) is 0 Å². The Morgan fingerprint density at radius 2 is 2.42 bits per heavy atom. The van der Waals surface area contributed by atoms with Gasteiger partial charge in [0.25, 0.3) is 0 Å². The molecule has 12 heavy (non-hydrogen) atoms. The predicted molar refractivity (Wildman–Crippen MR) is 40.3 cm³/mol. The van der Waals surface area contributed by atoms with Gasteiger partial charge < -0.3 is 5.73 Å². The minimum atomic E-state index is -1.46. The van der Waals surface area contributed by atoms with E-state index in [1.54, 1.807) is 0 Å². The van der Waals surface area contributed by atoms with Gasteiger partial charge in [-0.3, -0.25) is 9.59 Å². The molecule has 0 aromatic rings. The van der Waals surface area contributed by atoms with Gasteiger partial charge in [-0.25, -0.2) is 4.39 Å². The van der Waals surface area contributed by atoms with E-state index >= 15 is 0 Å². The van der Waals surface area contributed by atoms with Crippen LogP contribution in [0.2, 0.25) is 0 Å². The highest BCUT2D eigenvalue weighted by atomic mass is 19.1. The molecule has 4 heteroatoms. The zero-order valence-corrected chi connectivity index (χ0v) is 6.21. The van der Waals surface area contributed by atoms with Crippen molar-refractivity contribution in [2.75, 3.05) is 0 Å². The Kier molecular flexibility index (Phi) is 2.08. The first-order valence-corrected chi connectivity index (χ1v) is 3.35. The van der Waals surface area contributed by atoms with Gasteiger partial charge in [-0.15, -0.1) is 0 Å². The number of primary amides is 1. The van der Waals surface area contributed by atoms with E-state index in [0.29, 0.717) is 0 Å². The van der Waals surface area contributed by atoms with Crippen molar-refractivity contribution in [1.29, 1.82) is 0 Å². The van der Waals surface area contributed by atoms with Crippen molar-refractivity contribution in [3.8, 4) is 0 Å². The zero-order valence-electron chi connectivity index (χ0n) is 6.21. The van der Waals surface area contributed by atoms with Crippen LogP contribution >= 0.6 is 0 Å². The zero-order chi connectivity index (χ0) is 9.19. The minimum absolute atomic E-state index is 0.0475. The molecule has 1 atom stereocenters. The summed E-state index contributed by atoms with van der Waals surface area (Å²) < 4.78 is 12.4. The van der Waals surface area contributed by atoms with Crippen molar-refractivity contribution < 1.29 is 14.0 Å². The summed E-state index contributed by atoms with van der Waals surface area (Å²) in [5, 5.41) is 0. The van der Waals surface area contributed by atoms with Crippen LogP contribution in [-0.4, -0.2) is 12.2 Å². The number of hydrogen-bond donors (Lipinski definition) is 1. The Morgan fingerprint density at radius 1 is 1.75 bits per heavy atom. The number of allylic oxidation sites excluding steroid dienone is 3. The van der Waals surface area contributed by atoms with E-state index < -0.39 is 17.1 Å². The lowest BCUT2D eigenvalue weighted by Crippen LogP contribution is -2.37. The van der Waals surface area contributed by atoms with Crippen LogP contribution < -0.4 is 5.73 Å². The normalized spacial score (nSPS) is 27.9. The fraction of sp³-hybridized carbons (Fsp3) is 0.250. The van der Waals surface area contributed by atoms with Gasteiger partial charge in [0.2, 0.25) is 12.2 Å². The van der Waals surface area contributed by atoms with E-state index in [2.05, 4.69) is 0 Å². The molecule has 0 aliphatic heterocycles. The molecule has 0 bridgehead atoms. The lowest BCUT2D eigenvalue weighted by molar-refractivity contribution is -0.122. The smallest absolute Gasteiger partial charge is 0.235 e. The second-order valence-corrected chi connectivity index (χ2v) is 2.56. The van der Waals surface area contributed by atoms with Crippen LogP contribution in [0, 0.1) is 5.41 Å². The van der Waals surface area contributed by atoms with Gasteiger partial charge in [-0.1, -0.05) is 6.08 Å². The predicted octanol–water partition coefficient (Wildman–Crippen LogP) is 0.381. The summed E-state index contributed by atoms with van der Waals surface area (Å²) in [6, 6.07) is 0. The van der Waals surface area contributed by atoms with Crippen molar-refractivity contribution >= 4 is 12.2 Å². The fourth-order valence-corrected chi connectivity index (χ4v) is 0.925. The van der Waals surface area contributed by atoms with Crippen LogP contribution in [0.1, 0.15) is 6.42 Å². The Labute approximate surface area is 68.7 Å². The molecule has 1 unspecified atom stereocenters. The third-order valence-corrected chi connectivity index (χ3v) is 1.77. The molecule has 1 aliphatic rings. The third-order valence-electron chi connectivity index (χ3n) is 1.77. The number of carbonyl (C=O) groups is 1. The molecule has 1 aliphatic carbocycles. The molecule has 0 heterocycles. The monoisotopic (exact) mass is 168 g/mol. The Balaban J connectivity index is 2.95. The fourth-order valence-electron chi connectivity index (χ4n) is 0.925. The first kappa shape index (κ1) is 8.64. The van der Waals surface area contributed by atoms with E-state index in [1.165, 1.54) is 6.29 Å². The Morgan fingerprint density at radius 3 is 2.75 bits per heavy atom. The van der Waals surface area contributed by atoms with Gasteiger partial charge >= 0.3 is 0 Å². The van der Waals surface area contributed by atoms with Crippen LogP contribution in [0.5, 0.6) is 0 Å². The summed E-state index contributed by atoms with van der Waals surface area (Å²) in [5.74, 6) is -1.28. The molecule has 1 amide bonds. The maximum atomic E-state index is 12.4. The van der Waals surface area contributed by atoms with E-state index in [0.717, 1.165) is 18.2 Å². The second-order valence-electron chi connectivity index (χ2n) is 2.56. The van der Waals surface area contributed by atoms with E-state index in [-0.39, 0.29) is 6.42 Å². The SMILES string of the molecule is NC(=O)C1([C]=O)C=CC(F)=CC1. The lowest BCUT2D eigenvalue weighted by atomic mass is 9.82. The summed E-state index contributed by atoms with van der Waals surface area (Å²) in [4.78, 5) is 21.2. The maximum absolute atomic E-state index is 12.4. The quantitative estimate of drug-likeness (QED) is 0.606. The number of nitrogens with two attached hydrogens (primary N) is 1. The van der Waals surface area contributed by atoms with Gasteiger partial charge in [0.1, 0.15) is 11.2 Å². The molecule has 0 saturated carbocycles. The summed E-state index contributed by atoms with van der Waals surface area (Å²) in [5.41, 5.74) is 3.49. The highest BCUT2D eigenvalue weighted by Gasteiger charge is 2.35. The number of amides is 1. The topological polar surface area (TPSA) is 60.2 Å². The molecular formula is C8H7FNO2. The first-order chi connectivity index (χ1) is 5.60. The lowest BCUT2D eigenvalue weighted by Gasteiger charge is -2.19. The van der Waals surface area contributed by atoms with Crippen molar-refractivity contribution in [3.63, 3.8) is 0 Å². The van der Waals surface area contributed by atoms with Crippen LogP contribution in [0.4, 0.5) is 4.39 Å². The number of carbonyl (C=O) groups excluding carboxylic acids is 2. The van der Waals surface area contributed by atoms with E-state index in [1.807, 2.05) is 0 Å². The van der Waals surface area contributed by atoms with E-state index in [9.17, 15) is 14.0 Å². The number of rotatable bonds is 2. The molecule has 63 valence electrons. The highest BCUT2D eigenvalue weighted by molar-refractivity contribution is 5.98. The first-order valence-electron chi connectivity index (χ1n) is 3.35. The molecule has 0 spiro atoms. The highest BCUT2D eigenvalue weighted by Crippen LogP contribution is 2.27. The van der Waals surface area contributed by atoms with Gasteiger partial charge in [0, 0.05) is 0 Å². The van der Waals surface area contributed by atoms with Crippen LogP contribution in [0.3, 0.4) is 0 Å². The summed E-state index contributed by atoms with van der Waals surface area (Å²) in [6.45, 7) is 0. The third kappa shape index (κ3) is 1.28. The Bertz CT molecular complexity index is 283. The molecule has 1 rings (SSSR count). The average molecular weight is 168 g/mol. The average Bonchev–Trinajstić information content (AvgIpc) is 2.06. The maximum Gasteiger partial charge on any atom is 0.235 e. The Hall–Kier alpha value is -1.45. The molecule has 1 radical (unpaired) electrons. The van der Waals surface area contributed by atoms with Crippen molar-refractivity contribution in [2.24, 2.45) is 11.1 Å². The van der Waals surface area contributed by atoms with Gasteiger partial charge in [0.15, 0.2) is 0 Å². The van der Waals surface area contributed by atoms with Crippen LogP contribution in [0.15, 0.2) is 24.1 Å². The number of hydrogen-bond acceptors (Lipinski definition) is 2. The summed E-state index contributed by atoms with van der Waals surface area (Å²) in [6.07, 6.45) is 4.78. The van der Waals surface area contributed by atoms with Gasteiger partial charge in [-0.2, -0.15) is 0 Å². The molecule has 0 fully saturated rings. The van der Waals surface area contributed by atoms with Crippen LogP contribution in [-0.2, 0) is 9.59 Å². The number of halogens is 1. The van der Waals surface area contributed by atoms with Crippen LogP contribution in [0.25, 0.3) is 0 Å². The van der Waals surface area contributed by atoms with Gasteiger partial charge in [-0.05, 0) is 18.6 Å². The molecule has 2 N–H and O–H groups in total. The molecular weight excluding hydrogens is 161 g/mol.